The van der Waals surface area contributed by atoms with Gasteiger partial charge in [-0.25, -0.2) is 0 Å². The Morgan fingerprint density at radius 2 is 2.11 bits per heavy atom. The van der Waals surface area contributed by atoms with Crippen LogP contribution in [0, 0.1) is 5.92 Å². The van der Waals surface area contributed by atoms with E-state index in [0.29, 0.717) is 12.3 Å². The molecule has 52 valence electrons. The van der Waals surface area contributed by atoms with Crippen molar-refractivity contribution in [2.24, 2.45) is 5.92 Å². The van der Waals surface area contributed by atoms with Crippen LogP contribution in [0.25, 0.3) is 0 Å². The standard InChI is InChI=1S/C6H12BFS/c1-5(2)3-6(7,8)4-9/h5,9H,3-4H2,1-2H3. The van der Waals surface area contributed by atoms with Gasteiger partial charge in [-0.15, -0.1) is 0 Å². The first-order chi connectivity index (χ1) is 3.98. The van der Waals surface area contributed by atoms with E-state index in [0.717, 1.165) is 0 Å². The van der Waals surface area contributed by atoms with Crippen LogP contribution in [0.2, 0.25) is 0 Å². The molecule has 0 nitrogen and oxygen atoms in total. The molecular formula is C6H12BFS. The molecule has 0 aromatic carbocycles. The van der Waals surface area contributed by atoms with Crippen molar-refractivity contribution in [2.45, 2.75) is 25.8 Å². The maximum Gasteiger partial charge on any atom is 0.122 e. The number of thiol groups is 1. The second kappa shape index (κ2) is 3.50. The molecule has 0 heterocycles. The summed E-state index contributed by atoms with van der Waals surface area (Å²) in [5.74, 6) is 0.401. The predicted octanol–water partition coefficient (Wildman–Crippen LogP) is 1.80. The Kier molecular flexibility index (Phi) is 3.63. The molecule has 9 heavy (non-hydrogen) atoms. The fraction of sp³-hybridized carbons (Fsp3) is 1.00. The molecule has 1 atom stereocenters. The number of hydrogen-bond acceptors (Lipinski definition) is 1. The summed E-state index contributed by atoms with van der Waals surface area (Å²) in [6, 6.07) is 0. The third-order valence-corrected chi connectivity index (χ3v) is 1.54. The second-order valence-electron chi connectivity index (χ2n) is 2.79. The molecule has 0 amide bonds. The maximum atomic E-state index is 12.8. The minimum absolute atomic E-state index is 0.102. The quantitative estimate of drug-likeness (QED) is 0.455. The summed E-state index contributed by atoms with van der Waals surface area (Å²) in [6.45, 7) is 3.87. The molecule has 0 bridgehead atoms. The van der Waals surface area contributed by atoms with Gasteiger partial charge >= 0.3 is 0 Å². The van der Waals surface area contributed by atoms with Crippen molar-refractivity contribution in [1.29, 1.82) is 0 Å². The highest BCUT2D eigenvalue weighted by Gasteiger charge is 2.21. The molecule has 0 aromatic heterocycles. The highest BCUT2D eigenvalue weighted by atomic mass is 32.1. The van der Waals surface area contributed by atoms with E-state index in [9.17, 15) is 4.39 Å². The average molecular weight is 146 g/mol. The van der Waals surface area contributed by atoms with Gasteiger partial charge in [0.15, 0.2) is 0 Å². The molecule has 0 spiro atoms. The molecule has 0 aliphatic carbocycles. The van der Waals surface area contributed by atoms with E-state index in [2.05, 4.69) is 12.6 Å². The average Bonchev–Trinajstić information content (AvgIpc) is 1.63. The normalized spacial score (nSPS) is 17.9. The van der Waals surface area contributed by atoms with Crippen molar-refractivity contribution in [3.05, 3.63) is 0 Å². The number of halogens is 1. The molecule has 2 radical (unpaired) electrons. The van der Waals surface area contributed by atoms with E-state index in [1.807, 2.05) is 13.8 Å². The fourth-order valence-electron chi connectivity index (χ4n) is 0.743. The van der Waals surface area contributed by atoms with E-state index in [1.165, 1.54) is 0 Å². The van der Waals surface area contributed by atoms with Gasteiger partial charge in [-0.1, -0.05) is 13.8 Å². The van der Waals surface area contributed by atoms with E-state index in [-0.39, 0.29) is 5.75 Å². The van der Waals surface area contributed by atoms with Crippen LogP contribution in [-0.4, -0.2) is 19.2 Å². The smallest absolute Gasteiger partial charge is 0.122 e. The zero-order chi connectivity index (χ0) is 7.49. The lowest BCUT2D eigenvalue weighted by Gasteiger charge is -2.19. The number of rotatable bonds is 3. The van der Waals surface area contributed by atoms with E-state index >= 15 is 0 Å². The molecule has 0 saturated heterocycles. The fourth-order valence-corrected chi connectivity index (χ4v) is 0.872. The van der Waals surface area contributed by atoms with Gasteiger partial charge in [0, 0.05) is 5.75 Å². The van der Waals surface area contributed by atoms with Crippen molar-refractivity contribution in [3.8, 4) is 0 Å². The van der Waals surface area contributed by atoms with Gasteiger partial charge in [0.05, 0.1) is 5.57 Å². The third-order valence-electron chi connectivity index (χ3n) is 1.01. The highest BCUT2D eigenvalue weighted by Crippen LogP contribution is 2.18. The lowest BCUT2D eigenvalue weighted by molar-refractivity contribution is 0.262. The lowest BCUT2D eigenvalue weighted by atomic mass is 9.79. The Bertz CT molecular complexity index is 83.1. The summed E-state index contributed by atoms with van der Waals surface area (Å²) in [5, 5.41) is 0. The van der Waals surface area contributed by atoms with Gasteiger partial charge in [-0.05, 0) is 12.3 Å². The van der Waals surface area contributed by atoms with Gasteiger partial charge in [0.25, 0.3) is 0 Å². The van der Waals surface area contributed by atoms with E-state index in [4.69, 9.17) is 7.85 Å². The van der Waals surface area contributed by atoms with Crippen LogP contribution in [0.1, 0.15) is 20.3 Å². The Labute approximate surface area is 63.0 Å². The predicted molar refractivity (Wildman–Crippen MR) is 42.9 cm³/mol. The van der Waals surface area contributed by atoms with Crippen molar-refractivity contribution in [2.75, 3.05) is 5.75 Å². The molecule has 1 unspecified atom stereocenters. The zero-order valence-corrected chi connectivity index (χ0v) is 6.79. The summed E-state index contributed by atoms with van der Waals surface area (Å²) < 4.78 is 12.8. The Hall–Kier alpha value is 0.345. The first-order valence-corrected chi connectivity index (χ1v) is 3.70. The zero-order valence-electron chi connectivity index (χ0n) is 5.89. The molecular weight excluding hydrogens is 134 g/mol. The summed E-state index contributed by atoms with van der Waals surface area (Å²) in [7, 11) is 5.17. The number of alkyl halides is 1. The van der Waals surface area contributed by atoms with Gasteiger partial charge < -0.3 is 0 Å². The molecule has 0 aromatic rings. The van der Waals surface area contributed by atoms with Crippen molar-refractivity contribution < 1.29 is 4.39 Å². The topological polar surface area (TPSA) is 0 Å². The van der Waals surface area contributed by atoms with Gasteiger partial charge in [0.2, 0.25) is 0 Å². The maximum absolute atomic E-state index is 12.8. The lowest BCUT2D eigenvalue weighted by Crippen LogP contribution is -2.27. The summed E-state index contributed by atoms with van der Waals surface area (Å²) >= 11 is 3.78. The highest BCUT2D eigenvalue weighted by molar-refractivity contribution is 7.80. The van der Waals surface area contributed by atoms with Crippen LogP contribution >= 0.6 is 12.6 Å². The second-order valence-corrected chi connectivity index (χ2v) is 3.11. The molecule has 0 N–H and O–H groups in total. The van der Waals surface area contributed by atoms with Crippen molar-refractivity contribution >= 4 is 20.5 Å². The first kappa shape index (κ1) is 9.34. The van der Waals surface area contributed by atoms with Gasteiger partial charge in [-0.3, -0.25) is 4.39 Å². The Morgan fingerprint density at radius 1 is 1.67 bits per heavy atom. The summed E-state index contributed by atoms with van der Waals surface area (Å²) in [4.78, 5) is 0. The minimum atomic E-state index is -1.57. The minimum Gasteiger partial charge on any atom is -0.254 e. The summed E-state index contributed by atoms with van der Waals surface area (Å²) in [6.07, 6.45) is 0.385. The van der Waals surface area contributed by atoms with Crippen LogP contribution in [0.5, 0.6) is 0 Å². The molecule has 0 aliphatic rings. The number of hydrogen-bond donors (Lipinski definition) is 1. The van der Waals surface area contributed by atoms with Crippen LogP contribution < -0.4 is 0 Å². The third kappa shape index (κ3) is 4.82. The molecule has 0 saturated carbocycles. The van der Waals surface area contributed by atoms with Crippen LogP contribution in [-0.2, 0) is 0 Å². The van der Waals surface area contributed by atoms with E-state index < -0.39 is 5.57 Å². The van der Waals surface area contributed by atoms with Crippen LogP contribution in [0.4, 0.5) is 4.39 Å². The molecule has 0 fully saturated rings. The SMILES string of the molecule is [B]C(F)(CS)CC(C)C. The first-order valence-electron chi connectivity index (χ1n) is 3.06. The van der Waals surface area contributed by atoms with E-state index in [1.54, 1.807) is 0 Å². The largest absolute Gasteiger partial charge is 0.254 e. The molecule has 3 heteroatoms. The van der Waals surface area contributed by atoms with Gasteiger partial charge in [0.1, 0.15) is 7.85 Å². The van der Waals surface area contributed by atoms with Crippen LogP contribution in [0.15, 0.2) is 0 Å². The van der Waals surface area contributed by atoms with Crippen LogP contribution in [0.3, 0.4) is 0 Å². The Morgan fingerprint density at radius 3 is 2.22 bits per heavy atom. The Balaban J connectivity index is 3.58. The van der Waals surface area contributed by atoms with Crippen molar-refractivity contribution in [1.82, 2.24) is 0 Å². The van der Waals surface area contributed by atoms with Gasteiger partial charge in [-0.2, -0.15) is 12.6 Å². The molecule has 0 aliphatic heterocycles. The summed E-state index contributed by atoms with van der Waals surface area (Å²) in [5.41, 5.74) is -1.57. The molecule has 0 rings (SSSR count). The monoisotopic (exact) mass is 146 g/mol. The van der Waals surface area contributed by atoms with Crippen molar-refractivity contribution in [3.63, 3.8) is 0 Å².